The first kappa shape index (κ1) is 16.8. The number of carbonyl (C=O) groups excluding carboxylic acids is 1. The van der Waals surface area contributed by atoms with Gasteiger partial charge in [-0.15, -0.1) is 0 Å². The fourth-order valence-electron chi connectivity index (χ4n) is 2.67. The lowest BCUT2D eigenvalue weighted by atomic mass is 10.1. The first-order valence-corrected chi connectivity index (χ1v) is 8.29. The van der Waals surface area contributed by atoms with Crippen LogP contribution in [0.1, 0.15) is 27.2 Å². The lowest BCUT2D eigenvalue weighted by Crippen LogP contribution is -2.30. The second-order valence-electron chi connectivity index (χ2n) is 6.04. The third kappa shape index (κ3) is 4.26. The van der Waals surface area contributed by atoms with Crippen molar-refractivity contribution in [1.29, 1.82) is 0 Å². The molecule has 0 saturated carbocycles. The SMILES string of the molecule is Cc1ccc(CCNC(=O)c2c[nH]c(=O)n2Cc2ccccc2)cc1. The molecule has 5 nitrogen and oxygen atoms in total. The molecule has 0 atom stereocenters. The summed E-state index contributed by atoms with van der Waals surface area (Å²) in [6.45, 7) is 2.93. The van der Waals surface area contributed by atoms with Crippen LogP contribution in [-0.4, -0.2) is 22.0 Å². The van der Waals surface area contributed by atoms with Gasteiger partial charge in [0.15, 0.2) is 0 Å². The van der Waals surface area contributed by atoms with Gasteiger partial charge >= 0.3 is 5.69 Å². The van der Waals surface area contributed by atoms with Crippen molar-refractivity contribution in [2.24, 2.45) is 0 Å². The lowest BCUT2D eigenvalue weighted by molar-refractivity contribution is 0.0945. The van der Waals surface area contributed by atoms with Gasteiger partial charge in [0.05, 0.1) is 6.54 Å². The summed E-state index contributed by atoms with van der Waals surface area (Å²) in [5, 5.41) is 2.88. The van der Waals surface area contributed by atoms with Crippen molar-refractivity contribution in [2.45, 2.75) is 19.9 Å². The molecule has 0 aliphatic heterocycles. The molecule has 0 radical (unpaired) electrons. The summed E-state index contributed by atoms with van der Waals surface area (Å²) in [6.07, 6.45) is 2.21. The molecule has 0 fully saturated rings. The van der Waals surface area contributed by atoms with Gasteiger partial charge in [-0.25, -0.2) is 4.79 Å². The van der Waals surface area contributed by atoms with Crippen LogP contribution in [0.5, 0.6) is 0 Å². The van der Waals surface area contributed by atoms with E-state index in [2.05, 4.69) is 34.6 Å². The first-order valence-electron chi connectivity index (χ1n) is 8.29. The summed E-state index contributed by atoms with van der Waals surface area (Å²) in [7, 11) is 0. The molecule has 128 valence electrons. The van der Waals surface area contributed by atoms with E-state index < -0.39 is 0 Å². The molecule has 0 aliphatic carbocycles. The molecule has 0 unspecified atom stereocenters. The van der Waals surface area contributed by atoms with E-state index in [-0.39, 0.29) is 11.6 Å². The van der Waals surface area contributed by atoms with Gasteiger partial charge in [-0.2, -0.15) is 0 Å². The topological polar surface area (TPSA) is 66.9 Å². The summed E-state index contributed by atoms with van der Waals surface area (Å²) in [6, 6.07) is 17.8. The zero-order valence-corrected chi connectivity index (χ0v) is 14.2. The van der Waals surface area contributed by atoms with Gasteiger partial charge in [-0.3, -0.25) is 9.36 Å². The van der Waals surface area contributed by atoms with Crippen LogP contribution in [0.3, 0.4) is 0 Å². The van der Waals surface area contributed by atoms with Crippen LogP contribution in [0.15, 0.2) is 65.6 Å². The second kappa shape index (κ2) is 7.66. The van der Waals surface area contributed by atoms with Crippen LogP contribution < -0.4 is 11.0 Å². The van der Waals surface area contributed by atoms with Crippen molar-refractivity contribution in [3.8, 4) is 0 Å². The number of carbonyl (C=O) groups is 1. The van der Waals surface area contributed by atoms with E-state index in [0.717, 1.165) is 12.0 Å². The molecule has 0 bridgehead atoms. The number of aromatic amines is 1. The van der Waals surface area contributed by atoms with E-state index in [0.29, 0.717) is 18.8 Å². The number of benzene rings is 2. The Morgan fingerprint density at radius 1 is 1.04 bits per heavy atom. The fourth-order valence-corrected chi connectivity index (χ4v) is 2.67. The van der Waals surface area contributed by atoms with Crippen LogP contribution in [0, 0.1) is 6.92 Å². The molecule has 1 heterocycles. The summed E-state index contributed by atoms with van der Waals surface area (Å²) >= 11 is 0. The maximum Gasteiger partial charge on any atom is 0.326 e. The lowest BCUT2D eigenvalue weighted by Gasteiger charge is -2.09. The molecule has 5 heteroatoms. The highest BCUT2D eigenvalue weighted by Gasteiger charge is 2.14. The summed E-state index contributed by atoms with van der Waals surface area (Å²) in [4.78, 5) is 27.0. The molecular weight excluding hydrogens is 314 g/mol. The molecule has 1 aromatic heterocycles. The number of aromatic nitrogens is 2. The average Bonchev–Trinajstić information content (AvgIpc) is 2.98. The maximum atomic E-state index is 12.4. The van der Waals surface area contributed by atoms with Gasteiger partial charge in [0.25, 0.3) is 5.91 Å². The van der Waals surface area contributed by atoms with Crippen molar-refractivity contribution in [2.75, 3.05) is 6.54 Å². The molecule has 0 aliphatic rings. The Labute approximate surface area is 146 Å². The van der Waals surface area contributed by atoms with Gasteiger partial charge in [0, 0.05) is 12.7 Å². The van der Waals surface area contributed by atoms with E-state index in [1.54, 1.807) is 0 Å². The highest BCUT2D eigenvalue weighted by atomic mass is 16.2. The molecule has 0 spiro atoms. The van der Waals surface area contributed by atoms with Gasteiger partial charge in [0.2, 0.25) is 0 Å². The van der Waals surface area contributed by atoms with Gasteiger partial charge in [0.1, 0.15) is 5.69 Å². The second-order valence-corrected chi connectivity index (χ2v) is 6.04. The van der Waals surface area contributed by atoms with Crippen molar-refractivity contribution in [3.05, 3.63) is 93.7 Å². The Balaban J connectivity index is 1.64. The minimum absolute atomic E-state index is 0.249. The molecule has 2 N–H and O–H groups in total. The van der Waals surface area contributed by atoms with Gasteiger partial charge in [-0.05, 0) is 24.5 Å². The summed E-state index contributed by atoms with van der Waals surface area (Å²) in [5.74, 6) is -0.249. The Bertz CT molecular complexity index is 893. The van der Waals surface area contributed by atoms with E-state index in [4.69, 9.17) is 0 Å². The zero-order chi connectivity index (χ0) is 17.6. The van der Waals surface area contributed by atoms with Crippen LogP contribution in [0.25, 0.3) is 0 Å². The number of imidazole rings is 1. The van der Waals surface area contributed by atoms with E-state index >= 15 is 0 Å². The van der Waals surface area contributed by atoms with E-state index in [1.165, 1.54) is 21.9 Å². The van der Waals surface area contributed by atoms with Crippen molar-refractivity contribution in [3.63, 3.8) is 0 Å². The monoisotopic (exact) mass is 335 g/mol. The highest BCUT2D eigenvalue weighted by molar-refractivity contribution is 5.92. The molecule has 3 rings (SSSR count). The number of nitrogens with one attached hydrogen (secondary N) is 2. The van der Waals surface area contributed by atoms with Crippen LogP contribution in [0.2, 0.25) is 0 Å². The quantitative estimate of drug-likeness (QED) is 0.727. The molecule has 1 amide bonds. The Hall–Kier alpha value is -3.08. The van der Waals surface area contributed by atoms with E-state index in [9.17, 15) is 9.59 Å². The van der Waals surface area contributed by atoms with E-state index in [1.807, 2.05) is 37.3 Å². The number of H-pyrrole nitrogens is 1. The zero-order valence-electron chi connectivity index (χ0n) is 14.2. The normalized spacial score (nSPS) is 10.6. The Kier molecular flexibility index (Phi) is 5.14. The van der Waals surface area contributed by atoms with Crippen molar-refractivity contribution in [1.82, 2.24) is 14.9 Å². The number of hydrogen-bond donors (Lipinski definition) is 2. The minimum atomic E-state index is -0.285. The molecule has 25 heavy (non-hydrogen) atoms. The average molecular weight is 335 g/mol. The van der Waals surface area contributed by atoms with Crippen molar-refractivity contribution < 1.29 is 4.79 Å². The number of amides is 1. The third-order valence-electron chi connectivity index (χ3n) is 4.10. The van der Waals surface area contributed by atoms with Crippen LogP contribution in [-0.2, 0) is 13.0 Å². The summed E-state index contributed by atoms with van der Waals surface area (Å²) in [5.41, 5.74) is 3.41. The molecule has 0 saturated heterocycles. The largest absolute Gasteiger partial charge is 0.350 e. The van der Waals surface area contributed by atoms with Crippen LogP contribution >= 0.6 is 0 Å². The Morgan fingerprint density at radius 2 is 1.76 bits per heavy atom. The van der Waals surface area contributed by atoms with Crippen LogP contribution in [0.4, 0.5) is 0 Å². The van der Waals surface area contributed by atoms with Crippen molar-refractivity contribution >= 4 is 5.91 Å². The molecular formula is C20H21N3O2. The smallest absolute Gasteiger partial charge is 0.326 e. The Morgan fingerprint density at radius 3 is 2.48 bits per heavy atom. The minimum Gasteiger partial charge on any atom is -0.350 e. The number of nitrogens with zero attached hydrogens (tertiary/aromatic N) is 1. The fraction of sp³-hybridized carbons (Fsp3) is 0.200. The third-order valence-corrected chi connectivity index (χ3v) is 4.10. The maximum absolute atomic E-state index is 12.4. The first-order chi connectivity index (χ1) is 12.1. The van der Waals surface area contributed by atoms with Gasteiger partial charge in [-0.1, -0.05) is 60.2 Å². The predicted molar refractivity (Wildman–Crippen MR) is 97.8 cm³/mol. The standard InChI is InChI=1S/C20H21N3O2/c1-15-7-9-16(10-8-15)11-12-21-19(24)18-13-22-20(25)23(18)14-17-5-3-2-4-6-17/h2-10,13H,11-12,14H2,1H3,(H,21,24)(H,22,25). The number of aryl methyl sites for hydroxylation is 1. The number of rotatable bonds is 6. The predicted octanol–water partition coefficient (Wildman–Crippen LogP) is 2.51. The van der Waals surface area contributed by atoms with Gasteiger partial charge < -0.3 is 10.3 Å². The highest BCUT2D eigenvalue weighted by Crippen LogP contribution is 2.05. The number of hydrogen-bond acceptors (Lipinski definition) is 2. The summed E-state index contributed by atoms with van der Waals surface area (Å²) < 4.78 is 1.45. The molecule has 2 aromatic carbocycles. The molecule has 3 aromatic rings.